The van der Waals surface area contributed by atoms with Gasteiger partial charge >= 0.3 is 12.0 Å². The normalized spacial score (nSPS) is 9.76. The van der Waals surface area contributed by atoms with Gasteiger partial charge in [0.15, 0.2) is 0 Å². The molecule has 0 aliphatic heterocycles. The number of esters is 1. The van der Waals surface area contributed by atoms with Gasteiger partial charge in [0, 0.05) is 5.69 Å². The topological polar surface area (TPSA) is 67.4 Å². The molecule has 0 fully saturated rings. The second-order valence-electron chi connectivity index (χ2n) is 4.41. The number of carbonyl (C=O) groups excluding carboxylic acids is 2. The highest BCUT2D eigenvalue weighted by atomic mass is 16.5. The average Bonchev–Trinajstić information content (AvgIpc) is 2.49. The summed E-state index contributed by atoms with van der Waals surface area (Å²) in [5, 5.41) is 5.06. The van der Waals surface area contributed by atoms with Gasteiger partial charge in [-0.1, -0.05) is 36.4 Å². The number of amides is 2. The average molecular weight is 284 g/mol. The number of aryl methyl sites for hydroxylation is 1. The van der Waals surface area contributed by atoms with Crippen LogP contribution in [0.1, 0.15) is 5.56 Å². The predicted molar refractivity (Wildman–Crippen MR) is 80.3 cm³/mol. The number of hydrogen-bond donors (Lipinski definition) is 2. The third-order valence-electron chi connectivity index (χ3n) is 2.74. The van der Waals surface area contributed by atoms with Crippen molar-refractivity contribution in [1.29, 1.82) is 0 Å². The van der Waals surface area contributed by atoms with E-state index in [0.717, 1.165) is 5.56 Å². The Balaban J connectivity index is 1.79. The molecule has 108 valence electrons. The molecule has 21 heavy (non-hydrogen) atoms. The Labute approximate surface area is 122 Å². The summed E-state index contributed by atoms with van der Waals surface area (Å²) < 4.78 is 5.16. The number of rotatable bonds is 4. The summed E-state index contributed by atoms with van der Waals surface area (Å²) in [6.07, 6.45) is 0. The van der Waals surface area contributed by atoms with Gasteiger partial charge in [-0.2, -0.15) is 0 Å². The Morgan fingerprint density at radius 1 is 1.00 bits per heavy atom. The number of hydrogen-bond acceptors (Lipinski definition) is 3. The van der Waals surface area contributed by atoms with Gasteiger partial charge in [-0.25, -0.2) is 9.59 Å². The molecular formula is C16H16N2O3. The molecule has 5 heteroatoms. The van der Waals surface area contributed by atoms with Crippen molar-refractivity contribution in [3.63, 3.8) is 0 Å². The van der Waals surface area contributed by atoms with Gasteiger partial charge in [-0.05, 0) is 30.7 Å². The minimum absolute atomic E-state index is 0.201. The number of anilines is 1. The van der Waals surface area contributed by atoms with E-state index in [9.17, 15) is 9.59 Å². The predicted octanol–water partition coefficient (Wildman–Crippen LogP) is 2.72. The molecule has 0 bridgehead atoms. The number of nitrogens with one attached hydrogen (secondary N) is 2. The Morgan fingerprint density at radius 3 is 2.38 bits per heavy atom. The molecule has 5 nitrogen and oxygen atoms in total. The quantitative estimate of drug-likeness (QED) is 0.670. The summed E-state index contributed by atoms with van der Waals surface area (Å²) in [5.41, 5.74) is 1.52. The van der Waals surface area contributed by atoms with E-state index in [1.807, 2.05) is 37.3 Å². The molecule has 0 radical (unpaired) electrons. The van der Waals surface area contributed by atoms with Gasteiger partial charge in [0.1, 0.15) is 12.3 Å². The van der Waals surface area contributed by atoms with Crippen LogP contribution in [0.3, 0.4) is 0 Å². The Morgan fingerprint density at radius 2 is 1.67 bits per heavy atom. The van der Waals surface area contributed by atoms with E-state index in [1.165, 1.54) is 0 Å². The molecule has 2 aromatic carbocycles. The SMILES string of the molecule is Cc1ccccc1OC(=O)CNC(=O)Nc1ccccc1. The first-order valence-corrected chi connectivity index (χ1v) is 6.51. The van der Waals surface area contributed by atoms with E-state index in [-0.39, 0.29) is 6.54 Å². The van der Waals surface area contributed by atoms with E-state index in [2.05, 4.69) is 10.6 Å². The highest BCUT2D eigenvalue weighted by Gasteiger charge is 2.09. The van der Waals surface area contributed by atoms with Crippen LogP contribution in [0, 0.1) is 6.92 Å². The fourth-order valence-electron chi connectivity index (χ4n) is 1.68. The van der Waals surface area contributed by atoms with Crippen LogP contribution in [0.2, 0.25) is 0 Å². The smallest absolute Gasteiger partial charge is 0.330 e. The summed E-state index contributed by atoms with van der Waals surface area (Å²) in [6, 6.07) is 15.7. The minimum atomic E-state index is -0.521. The van der Waals surface area contributed by atoms with Crippen molar-refractivity contribution in [2.45, 2.75) is 6.92 Å². The number of ether oxygens (including phenoxy) is 1. The van der Waals surface area contributed by atoms with Crippen molar-refractivity contribution in [1.82, 2.24) is 5.32 Å². The zero-order valence-electron chi connectivity index (χ0n) is 11.6. The largest absolute Gasteiger partial charge is 0.425 e. The summed E-state index contributed by atoms with van der Waals surface area (Å²) in [5.74, 6) is -0.0275. The maximum atomic E-state index is 11.7. The molecule has 0 aliphatic carbocycles. The first-order chi connectivity index (χ1) is 10.1. The van der Waals surface area contributed by atoms with Crippen molar-refractivity contribution in [3.05, 3.63) is 60.2 Å². The first kappa shape index (κ1) is 14.6. The van der Waals surface area contributed by atoms with E-state index in [1.54, 1.807) is 24.3 Å². The van der Waals surface area contributed by atoms with Crippen molar-refractivity contribution in [2.75, 3.05) is 11.9 Å². The van der Waals surface area contributed by atoms with Gasteiger partial charge in [-0.15, -0.1) is 0 Å². The van der Waals surface area contributed by atoms with E-state index in [0.29, 0.717) is 11.4 Å². The summed E-state index contributed by atoms with van der Waals surface area (Å²) in [7, 11) is 0. The number of para-hydroxylation sites is 2. The Hall–Kier alpha value is -2.82. The van der Waals surface area contributed by atoms with Crippen molar-refractivity contribution in [3.8, 4) is 5.75 Å². The van der Waals surface area contributed by atoms with Crippen LogP contribution in [-0.4, -0.2) is 18.5 Å². The molecular weight excluding hydrogens is 268 g/mol. The van der Waals surface area contributed by atoms with Gasteiger partial charge in [0.05, 0.1) is 0 Å². The zero-order chi connectivity index (χ0) is 15.1. The van der Waals surface area contributed by atoms with Crippen LogP contribution < -0.4 is 15.4 Å². The minimum Gasteiger partial charge on any atom is -0.425 e. The molecule has 0 atom stereocenters. The molecule has 0 unspecified atom stereocenters. The van der Waals surface area contributed by atoms with E-state index < -0.39 is 12.0 Å². The molecule has 0 aromatic heterocycles. The van der Waals surface area contributed by atoms with Crippen LogP contribution in [0.5, 0.6) is 5.75 Å². The van der Waals surface area contributed by atoms with Crippen LogP contribution in [-0.2, 0) is 4.79 Å². The van der Waals surface area contributed by atoms with Crippen LogP contribution in [0.4, 0.5) is 10.5 Å². The molecule has 2 rings (SSSR count). The monoisotopic (exact) mass is 284 g/mol. The molecule has 0 aliphatic rings. The van der Waals surface area contributed by atoms with Gasteiger partial charge < -0.3 is 15.4 Å². The maximum absolute atomic E-state index is 11.7. The fraction of sp³-hybridized carbons (Fsp3) is 0.125. The molecule has 0 spiro atoms. The summed E-state index contributed by atoms with van der Waals surface area (Å²) in [6.45, 7) is 1.64. The van der Waals surface area contributed by atoms with Crippen molar-refractivity contribution in [2.24, 2.45) is 0 Å². The van der Waals surface area contributed by atoms with Crippen LogP contribution in [0.15, 0.2) is 54.6 Å². The maximum Gasteiger partial charge on any atom is 0.330 e. The summed E-state index contributed by atoms with van der Waals surface area (Å²) >= 11 is 0. The molecule has 2 amide bonds. The molecule has 2 N–H and O–H groups in total. The standard InChI is InChI=1S/C16H16N2O3/c1-12-7-5-6-10-14(12)21-15(19)11-17-16(20)18-13-8-3-2-4-9-13/h2-10H,11H2,1H3,(H2,17,18,20). The lowest BCUT2D eigenvalue weighted by Crippen LogP contribution is -2.35. The number of benzene rings is 2. The third kappa shape index (κ3) is 4.65. The third-order valence-corrected chi connectivity index (χ3v) is 2.74. The Bertz CT molecular complexity index is 626. The molecule has 0 saturated carbocycles. The van der Waals surface area contributed by atoms with E-state index >= 15 is 0 Å². The molecule has 0 saturated heterocycles. The lowest BCUT2D eigenvalue weighted by Gasteiger charge is -2.09. The summed E-state index contributed by atoms with van der Waals surface area (Å²) in [4.78, 5) is 23.3. The van der Waals surface area contributed by atoms with Crippen LogP contribution in [0.25, 0.3) is 0 Å². The molecule has 2 aromatic rings. The molecule has 0 heterocycles. The zero-order valence-corrected chi connectivity index (χ0v) is 11.6. The van der Waals surface area contributed by atoms with Crippen molar-refractivity contribution >= 4 is 17.7 Å². The highest BCUT2D eigenvalue weighted by Crippen LogP contribution is 2.15. The number of urea groups is 1. The number of carbonyl (C=O) groups is 2. The van der Waals surface area contributed by atoms with Gasteiger partial charge in [0.2, 0.25) is 0 Å². The van der Waals surface area contributed by atoms with Gasteiger partial charge in [0.25, 0.3) is 0 Å². The second kappa shape index (κ2) is 7.09. The van der Waals surface area contributed by atoms with Gasteiger partial charge in [-0.3, -0.25) is 0 Å². The first-order valence-electron chi connectivity index (χ1n) is 6.51. The van der Waals surface area contributed by atoms with E-state index in [4.69, 9.17) is 4.74 Å². The highest BCUT2D eigenvalue weighted by molar-refractivity contribution is 5.91. The second-order valence-corrected chi connectivity index (χ2v) is 4.41. The lowest BCUT2D eigenvalue weighted by atomic mass is 10.2. The lowest BCUT2D eigenvalue weighted by molar-refractivity contribution is -0.133. The fourth-order valence-corrected chi connectivity index (χ4v) is 1.68. The Kier molecular flexibility index (Phi) is 4.93. The van der Waals surface area contributed by atoms with Crippen LogP contribution >= 0.6 is 0 Å². The van der Waals surface area contributed by atoms with Crippen molar-refractivity contribution < 1.29 is 14.3 Å².